The van der Waals surface area contributed by atoms with Crippen molar-refractivity contribution in [3.8, 4) is 0 Å². The van der Waals surface area contributed by atoms with Gasteiger partial charge in [0.2, 0.25) is 0 Å². The predicted octanol–water partition coefficient (Wildman–Crippen LogP) is 2.60. The van der Waals surface area contributed by atoms with E-state index in [0.717, 1.165) is 34.5 Å². The molecule has 0 bridgehead atoms. The zero-order chi connectivity index (χ0) is 10.8. The number of hydrogen-bond donors (Lipinski definition) is 1. The highest BCUT2D eigenvalue weighted by molar-refractivity contribution is 9.13. The zero-order valence-electron chi connectivity index (χ0n) is 8.59. The molecule has 1 N–H and O–H groups in total. The third-order valence-corrected chi connectivity index (χ3v) is 4.47. The molecule has 1 atom stereocenters. The second kappa shape index (κ2) is 4.99. The molecule has 5 heteroatoms. The summed E-state index contributed by atoms with van der Waals surface area (Å²) in [7, 11) is 2.14. The number of nitrogens with one attached hydrogen (secondary N) is 1. The average molecular weight is 338 g/mol. The maximum absolute atomic E-state index is 5.55. The first-order chi connectivity index (χ1) is 7.16. The summed E-state index contributed by atoms with van der Waals surface area (Å²) in [5.41, 5.74) is 0. The van der Waals surface area contributed by atoms with Gasteiger partial charge in [0.25, 0.3) is 0 Å². The maximum atomic E-state index is 5.55. The lowest BCUT2D eigenvalue weighted by Gasteiger charge is -2.21. The predicted molar refractivity (Wildman–Crippen MR) is 66.8 cm³/mol. The van der Waals surface area contributed by atoms with Gasteiger partial charge >= 0.3 is 0 Å². The van der Waals surface area contributed by atoms with Gasteiger partial charge in [-0.15, -0.1) is 0 Å². The molecule has 1 aromatic rings. The Morgan fingerprint density at radius 1 is 1.60 bits per heavy atom. The topological polar surface area (TPSA) is 28.4 Å². The standard InChI is InChI=1S/C10H14Br2N2O/c1-14(7-2-3-13-5-7)6-8-4-9(11)10(12)15-8/h4,7,13H,2-3,5-6H2,1H3. The van der Waals surface area contributed by atoms with Crippen LogP contribution in [-0.4, -0.2) is 31.1 Å². The summed E-state index contributed by atoms with van der Waals surface area (Å²) in [5.74, 6) is 0.989. The lowest BCUT2D eigenvalue weighted by atomic mass is 10.2. The minimum atomic E-state index is 0.632. The Hall–Kier alpha value is 0.160. The molecular weight excluding hydrogens is 324 g/mol. The lowest BCUT2D eigenvalue weighted by molar-refractivity contribution is 0.228. The SMILES string of the molecule is CN(Cc1cc(Br)c(Br)o1)C1CCNC1. The van der Waals surface area contributed by atoms with E-state index in [4.69, 9.17) is 4.42 Å². The molecule has 0 saturated carbocycles. The van der Waals surface area contributed by atoms with Gasteiger partial charge in [0.15, 0.2) is 4.67 Å². The third-order valence-electron chi connectivity index (χ3n) is 2.76. The molecule has 0 spiro atoms. The first-order valence-corrected chi connectivity index (χ1v) is 6.60. The summed E-state index contributed by atoms with van der Waals surface area (Å²) in [6.07, 6.45) is 1.22. The van der Waals surface area contributed by atoms with Gasteiger partial charge in [0, 0.05) is 12.6 Å². The van der Waals surface area contributed by atoms with Gasteiger partial charge in [-0.25, -0.2) is 0 Å². The van der Waals surface area contributed by atoms with Crippen LogP contribution in [0.15, 0.2) is 19.6 Å². The van der Waals surface area contributed by atoms with Crippen LogP contribution in [0, 0.1) is 0 Å². The van der Waals surface area contributed by atoms with Crippen LogP contribution < -0.4 is 5.32 Å². The molecule has 0 aromatic carbocycles. The number of furan rings is 1. The van der Waals surface area contributed by atoms with Gasteiger partial charge in [-0.1, -0.05) is 0 Å². The summed E-state index contributed by atoms with van der Waals surface area (Å²) < 4.78 is 7.31. The molecule has 84 valence electrons. The van der Waals surface area contributed by atoms with E-state index in [1.165, 1.54) is 6.42 Å². The highest BCUT2D eigenvalue weighted by atomic mass is 79.9. The molecule has 15 heavy (non-hydrogen) atoms. The van der Waals surface area contributed by atoms with Crippen molar-refractivity contribution in [1.82, 2.24) is 10.2 Å². The lowest BCUT2D eigenvalue weighted by Crippen LogP contribution is -2.32. The van der Waals surface area contributed by atoms with E-state index in [9.17, 15) is 0 Å². The van der Waals surface area contributed by atoms with E-state index < -0.39 is 0 Å². The van der Waals surface area contributed by atoms with E-state index in [-0.39, 0.29) is 0 Å². The molecule has 0 radical (unpaired) electrons. The number of likely N-dealkylation sites (N-methyl/N-ethyl adjacent to an activating group) is 1. The van der Waals surface area contributed by atoms with Crippen molar-refractivity contribution in [2.24, 2.45) is 0 Å². The van der Waals surface area contributed by atoms with Crippen LogP contribution in [0.1, 0.15) is 12.2 Å². The Balaban J connectivity index is 1.95. The summed E-state index contributed by atoms with van der Waals surface area (Å²) >= 11 is 6.76. The second-order valence-corrected chi connectivity index (χ2v) is 5.47. The molecule has 2 heterocycles. The molecule has 2 rings (SSSR count). The average Bonchev–Trinajstić information content (AvgIpc) is 2.77. The van der Waals surface area contributed by atoms with Crippen molar-refractivity contribution < 1.29 is 4.42 Å². The molecule has 1 aliphatic rings. The van der Waals surface area contributed by atoms with Crippen LogP contribution in [0.2, 0.25) is 0 Å². The second-order valence-electron chi connectivity index (χ2n) is 3.90. The number of hydrogen-bond acceptors (Lipinski definition) is 3. The van der Waals surface area contributed by atoms with Crippen LogP contribution in [0.3, 0.4) is 0 Å². The summed E-state index contributed by atoms with van der Waals surface area (Å²) in [6.45, 7) is 3.07. The summed E-state index contributed by atoms with van der Waals surface area (Å²) in [6, 6.07) is 2.65. The Labute approximate surface area is 106 Å². The largest absolute Gasteiger partial charge is 0.452 e. The molecule has 1 saturated heterocycles. The quantitative estimate of drug-likeness (QED) is 0.919. The minimum absolute atomic E-state index is 0.632. The molecule has 0 aliphatic carbocycles. The summed E-state index contributed by atoms with van der Waals surface area (Å²) in [5, 5.41) is 3.36. The molecule has 3 nitrogen and oxygen atoms in total. The van der Waals surface area contributed by atoms with Gasteiger partial charge in [-0.3, -0.25) is 4.90 Å². The maximum Gasteiger partial charge on any atom is 0.183 e. The zero-order valence-corrected chi connectivity index (χ0v) is 11.8. The van der Waals surface area contributed by atoms with E-state index in [1.807, 2.05) is 6.07 Å². The first kappa shape index (κ1) is 11.6. The third kappa shape index (κ3) is 2.84. The van der Waals surface area contributed by atoms with Gasteiger partial charge < -0.3 is 9.73 Å². The van der Waals surface area contributed by atoms with E-state index in [0.29, 0.717) is 6.04 Å². The van der Waals surface area contributed by atoms with E-state index >= 15 is 0 Å². The molecule has 1 aliphatic heterocycles. The van der Waals surface area contributed by atoms with Crippen molar-refractivity contribution in [2.75, 3.05) is 20.1 Å². The summed E-state index contributed by atoms with van der Waals surface area (Å²) in [4.78, 5) is 2.33. The fourth-order valence-electron chi connectivity index (χ4n) is 1.86. The Morgan fingerprint density at radius 2 is 2.40 bits per heavy atom. The van der Waals surface area contributed by atoms with Gasteiger partial charge in [0.05, 0.1) is 11.0 Å². The van der Waals surface area contributed by atoms with Gasteiger partial charge in [-0.2, -0.15) is 0 Å². The van der Waals surface area contributed by atoms with Crippen LogP contribution >= 0.6 is 31.9 Å². The van der Waals surface area contributed by atoms with Crippen LogP contribution in [0.4, 0.5) is 0 Å². The van der Waals surface area contributed by atoms with Gasteiger partial charge in [0.1, 0.15) is 5.76 Å². The van der Waals surface area contributed by atoms with Gasteiger partial charge in [-0.05, 0) is 57.9 Å². The fraction of sp³-hybridized carbons (Fsp3) is 0.600. The Kier molecular flexibility index (Phi) is 3.88. The van der Waals surface area contributed by atoms with E-state index in [2.05, 4.69) is 49.1 Å². The highest BCUT2D eigenvalue weighted by Gasteiger charge is 2.20. The Bertz CT molecular complexity index is 315. The molecule has 1 fully saturated rings. The number of nitrogens with zero attached hydrogens (tertiary/aromatic N) is 1. The normalized spacial score (nSPS) is 21.5. The molecule has 0 amide bonds. The molecule has 1 unspecified atom stereocenters. The first-order valence-electron chi connectivity index (χ1n) is 5.01. The molecular formula is C10H14Br2N2O. The van der Waals surface area contributed by atoms with Crippen molar-refractivity contribution in [3.63, 3.8) is 0 Å². The number of halogens is 2. The van der Waals surface area contributed by atoms with Crippen LogP contribution in [0.5, 0.6) is 0 Å². The van der Waals surface area contributed by atoms with Crippen LogP contribution in [-0.2, 0) is 6.54 Å². The van der Waals surface area contributed by atoms with Crippen molar-refractivity contribution in [1.29, 1.82) is 0 Å². The Morgan fingerprint density at radius 3 is 2.93 bits per heavy atom. The number of rotatable bonds is 3. The minimum Gasteiger partial charge on any atom is -0.452 e. The fourth-order valence-corrected chi connectivity index (χ4v) is 2.52. The van der Waals surface area contributed by atoms with Crippen LogP contribution in [0.25, 0.3) is 0 Å². The monoisotopic (exact) mass is 336 g/mol. The smallest absolute Gasteiger partial charge is 0.183 e. The van der Waals surface area contributed by atoms with Crippen molar-refractivity contribution >= 4 is 31.9 Å². The van der Waals surface area contributed by atoms with Crippen molar-refractivity contribution in [2.45, 2.75) is 19.0 Å². The van der Waals surface area contributed by atoms with Crippen molar-refractivity contribution in [3.05, 3.63) is 21.0 Å². The highest BCUT2D eigenvalue weighted by Crippen LogP contribution is 2.27. The molecule has 1 aromatic heterocycles. The van der Waals surface area contributed by atoms with E-state index in [1.54, 1.807) is 0 Å².